The average Bonchev–Trinajstić information content (AvgIpc) is 3.25. The number of benzene rings is 1. The van der Waals surface area contributed by atoms with Crippen molar-refractivity contribution in [3.63, 3.8) is 0 Å². The quantitative estimate of drug-likeness (QED) is 0.418. The van der Waals surface area contributed by atoms with Crippen LogP contribution < -0.4 is 0 Å². The van der Waals surface area contributed by atoms with Crippen LogP contribution in [0.3, 0.4) is 0 Å². The van der Waals surface area contributed by atoms with E-state index >= 15 is 0 Å². The first-order valence-electron chi connectivity index (χ1n) is 10.5. The van der Waals surface area contributed by atoms with Crippen LogP contribution in [0.1, 0.15) is 45.6 Å². The molecule has 0 amide bonds. The summed E-state index contributed by atoms with van der Waals surface area (Å²) in [6.07, 6.45) is 3.71. The van der Waals surface area contributed by atoms with Gasteiger partial charge < -0.3 is 4.43 Å². The molecule has 0 aromatic heterocycles. The Morgan fingerprint density at radius 3 is 2.19 bits per heavy atom. The molecule has 4 nitrogen and oxygen atoms in total. The second-order valence-electron chi connectivity index (χ2n) is 8.45. The van der Waals surface area contributed by atoms with E-state index in [9.17, 15) is 8.42 Å². The number of hydrogen-bond donors (Lipinski definition) is 0. The van der Waals surface area contributed by atoms with Gasteiger partial charge in [-0.25, -0.2) is 0 Å². The number of rotatable bonds is 9. The maximum absolute atomic E-state index is 12.5. The first kappa shape index (κ1) is 21.0. The third kappa shape index (κ3) is 4.49. The Balaban J connectivity index is 1.62. The molecule has 0 radical (unpaired) electrons. The van der Waals surface area contributed by atoms with Crippen LogP contribution in [0.4, 0.5) is 0 Å². The Kier molecular flexibility index (Phi) is 6.51. The molecule has 2 aliphatic rings. The van der Waals surface area contributed by atoms with Crippen molar-refractivity contribution in [2.24, 2.45) is 17.8 Å². The summed E-state index contributed by atoms with van der Waals surface area (Å²) in [5.41, 5.74) is 1.04. The summed E-state index contributed by atoms with van der Waals surface area (Å²) < 4.78 is 37.3. The van der Waals surface area contributed by atoms with Crippen molar-refractivity contribution in [3.8, 4) is 0 Å². The molecule has 1 aromatic rings. The monoisotopic (exact) mass is 410 g/mol. The van der Waals surface area contributed by atoms with Gasteiger partial charge in [0.05, 0.1) is 11.5 Å². The number of fused-ring (bicyclic) bond motifs is 2. The molecule has 0 unspecified atom stereocenters. The van der Waals surface area contributed by atoms with E-state index in [1.54, 1.807) is 12.1 Å². The lowest BCUT2D eigenvalue weighted by Gasteiger charge is -2.37. The fourth-order valence-electron chi connectivity index (χ4n) is 5.03. The highest BCUT2D eigenvalue weighted by Gasteiger charge is 2.49. The second-order valence-corrected chi connectivity index (χ2v) is 14.8. The largest absolute Gasteiger partial charge is 0.414 e. The number of hydrogen-bond acceptors (Lipinski definition) is 4. The third-order valence-electron chi connectivity index (χ3n) is 6.97. The maximum Gasteiger partial charge on any atom is 0.296 e. The standard InChI is InChI=1S/C21H34O4SSi/c1-5-27(6-2,7-3)25-21-14-17-12-18(20(21)13-17)15-24-26(22,23)19-10-8-16(4)9-11-19/h8-11,17-18,20-21H,5-7,12-15H2,1-4H3/t17-,18+,20-,21+/m1/s1. The van der Waals surface area contributed by atoms with Crippen LogP contribution in [-0.4, -0.2) is 29.4 Å². The zero-order valence-electron chi connectivity index (χ0n) is 17.1. The molecule has 6 heteroatoms. The molecule has 27 heavy (non-hydrogen) atoms. The average molecular weight is 411 g/mol. The lowest BCUT2D eigenvalue weighted by Crippen LogP contribution is -2.43. The first-order valence-corrected chi connectivity index (χ1v) is 14.4. The minimum atomic E-state index is -3.68. The van der Waals surface area contributed by atoms with Crippen LogP contribution in [0.15, 0.2) is 29.2 Å². The molecular formula is C21H34O4SSi. The molecule has 1 aromatic carbocycles. The van der Waals surface area contributed by atoms with Gasteiger partial charge in [-0.3, -0.25) is 4.18 Å². The molecule has 0 heterocycles. The number of aryl methyl sites for hydroxylation is 1. The zero-order valence-corrected chi connectivity index (χ0v) is 18.9. The Morgan fingerprint density at radius 2 is 1.63 bits per heavy atom. The SMILES string of the molecule is CC[Si](CC)(CC)O[C@H]1C[C@@H]2C[C@@H](COS(=O)(=O)c3ccc(C)cc3)[C@H]1C2. The fourth-order valence-corrected chi connectivity index (χ4v) is 8.90. The van der Waals surface area contributed by atoms with E-state index in [1.165, 1.54) is 6.42 Å². The Labute approximate surface area is 165 Å². The summed E-state index contributed by atoms with van der Waals surface area (Å²) in [7, 11) is -5.31. The maximum atomic E-state index is 12.5. The topological polar surface area (TPSA) is 52.6 Å². The summed E-state index contributed by atoms with van der Waals surface area (Å²) in [6, 6.07) is 10.4. The van der Waals surface area contributed by atoms with Gasteiger partial charge in [0, 0.05) is 6.10 Å². The molecule has 2 saturated carbocycles. The predicted octanol–water partition coefficient (Wildman–Crippen LogP) is 5.14. The van der Waals surface area contributed by atoms with Crippen molar-refractivity contribution in [2.75, 3.05) is 6.61 Å². The van der Waals surface area contributed by atoms with E-state index in [2.05, 4.69) is 20.8 Å². The summed E-state index contributed by atoms with van der Waals surface area (Å²) in [5.74, 6) is 1.43. The zero-order chi connectivity index (χ0) is 19.7. The molecule has 2 fully saturated rings. The van der Waals surface area contributed by atoms with Gasteiger partial charge in [-0.2, -0.15) is 8.42 Å². The molecule has 2 bridgehead atoms. The van der Waals surface area contributed by atoms with Crippen LogP contribution in [0.2, 0.25) is 18.1 Å². The van der Waals surface area contributed by atoms with Crippen LogP contribution in [-0.2, 0) is 18.7 Å². The highest BCUT2D eigenvalue weighted by Crippen LogP contribution is 2.51. The van der Waals surface area contributed by atoms with Crippen molar-refractivity contribution in [3.05, 3.63) is 29.8 Å². The summed E-state index contributed by atoms with van der Waals surface area (Å²) >= 11 is 0. The molecule has 152 valence electrons. The highest BCUT2D eigenvalue weighted by atomic mass is 32.2. The third-order valence-corrected chi connectivity index (χ3v) is 12.9. The molecule has 0 spiro atoms. The van der Waals surface area contributed by atoms with Gasteiger partial charge in [0.2, 0.25) is 0 Å². The van der Waals surface area contributed by atoms with Crippen molar-refractivity contribution < 1.29 is 17.0 Å². The van der Waals surface area contributed by atoms with E-state index in [1.807, 2.05) is 19.1 Å². The van der Waals surface area contributed by atoms with Gasteiger partial charge in [0.15, 0.2) is 8.32 Å². The summed E-state index contributed by atoms with van der Waals surface area (Å²) in [4.78, 5) is 0.249. The molecule has 2 aliphatic carbocycles. The normalized spacial score (nSPS) is 28.0. The Morgan fingerprint density at radius 1 is 1.00 bits per heavy atom. The molecule has 4 atom stereocenters. The van der Waals surface area contributed by atoms with E-state index in [-0.39, 0.29) is 11.5 Å². The van der Waals surface area contributed by atoms with Gasteiger partial charge >= 0.3 is 0 Å². The van der Waals surface area contributed by atoms with E-state index in [0.29, 0.717) is 23.9 Å². The highest BCUT2D eigenvalue weighted by molar-refractivity contribution is 7.86. The molecule has 0 N–H and O–H groups in total. The van der Waals surface area contributed by atoms with Gasteiger partial charge in [0.25, 0.3) is 10.1 Å². The van der Waals surface area contributed by atoms with Crippen molar-refractivity contribution in [1.29, 1.82) is 0 Å². The van der Waals surface area contributed by atoms with E-state index < -0.39 is 18.4 Å². The molecule has 0 saturated heterocycles. The lowest BCUT2D eigenvalue weighted by molar-refractivity contribution is 0.0720. The van der Waals surface area contributed by atoms with Gasteiger partial charge in [-0.15, -0.1) is 0 Å². The van der Waals surface area contributed by atoms with Gasteiger partial charge in [-0.1, -0.05) is 38.5 Å². The van der Waals surface area contributed by atoms with Gasteiger partial charge in [-0.05, 0) is 74.2 Å². The van der Waals surface area contributed by atoms with Crippen molar-refractivity contribution in [2.45, 2.75) is 76.1 Å². The Hall–Kier alpha value is -0.693. The Bertz CT molecular complexity index is 719. The molecular weight excluding hydrogens is 376 g/mol. The van der Waals surface area contributed by atoms with Gasteiger partial charge in [0.1, 0.15) is 0 Å². The second kappa shape index (κ2) is 8.35. The lowest BCUT2D eigenvalue weighted by atomic mass is 9.87. The first-order chi connectivity index (χ1) is 12.8. The van der Waals surface area contributed by atoms with Crippen LogP contribution in [0.5, 0.6) is 0 Å². The summed E-state index contributed by atoms with van der Waals surface area (Å²) in [5, 5.41) is 0. The van der Waals surface area contributed by atoms with Crippen LogP contribution in [0, 0.1) is 24.7 Å². The van der Waals surface area contributed by atoms with E-state index in [4.69, 9.17) is 8.61 Å². The van der Waals surface area contributed by atoms with Crippen molar-refractivity contribution >= 4 is 18.4 Å². The minimum Gasteiger partial charge on any atom is -0.414 e. The molecule has 3 rings (SSSR count). The fraction of sp³-hybridized carbons (Fsp3) is 0.714. The summed E-state index contributed by atoms with van der Waals surface area (Å²) in [6.45, 7) is 9.03. The molecule has 0 aliphatic heterocycles. The minimum absolute atomic E-state index is 0.249. The van der Waals surface area contributed by atoms with Crippen LogP contribution >= 0.6 is 0 Å². The van der Waals surface area contributed by atoms with Crippen LogP contribution in [0.25, 0.3) is 0 Å². The van der Waals surface area contributed by atoms with Crippen molar-refractivity contribution in [1.82, 2.24) is 0 Å². The van der Waals surface area contributed by atoms with E-state index in [0.717, 1.165) is 36.5 Å². The predicted molar refractivity (Wildman–Crippen MR) is 111 cm³/mol. The smallest absolute Gasteiger partial charge is 0.296 e.